The zero-order chi connectivity index (χ0) is 13.6. The Kier molecular flexibility index (Phi) is 5.86. The van der Waals surface area contributed by atoms with Crippen molar-refractivity contribution in [3.63, 3.8) is 0 Å². The highest BCUT2D eigenvalue weighted by Crippen LogP contribution is 2.32. The van der Waals surface area contributed by atoms with Gasteiger partial charge in [0.25, 0.3) is 0 Å². The van der Waals surface area contributed by atoms with Crippen LogP contribution in [0.1, 0.15) is 57.8 Å². The van der Waals surface area contributed by atoms with E-state index >= 15 is 0 Å². The topological polar surface area (TPSA) is 43.8 Å². The molecule has 1 unspecified atom stereocenters. The first-order chi connectivity index (χ1) is 8.60. The molecule has 0 bridgehead atoms. The molecular formula is C15H29N3. The molecule has 0 radical (unpaired) electrons. The van der Waals surface area contributed by atoms with Crippen LogP contribution in [-0.2, 0) is 13.0 Å². The molecule has 0 aliphatic heterocycles. The average molecular weight is 251 g/mol. The van der Waals surface area contributed by atoms with Crippen LogP contribution in [0.4, 0.5) is 0 Å². The standard InChI is InChI=1S/C15H29N3/c1-5-8-9-15(6-2,12-16)11-14-10-13(4)17-18(14)7-3/h10H,5-9,11-12,16H2,1-4H3. The van der Waals surface area contributed by atoms with Crippen molar-refractivity contribution in [2.75, 3.05) is 6.54 Å². The van der Waals surface area contributed by atoms with E-state index in [4.69, 9.17) is 5.73 Å². The maximum atomic E-state index is 6.08. The largest absolute Gasteiger partial charge is 0.330 e. The van der Waals surface area contributed by atoms with Gasteiger partial charge in [0.2, 0.25) is 0 Å². The Balaban J connectivity index is 2.87. The van der Waals surface area contributed by atoms with Gasteiger partial charge in [-0.05, 0) is 51.1 Å². The molecule has 0 saturated heterocycles. The van der Waals surface area contributed by atoms with Crippen molar-refractivity contribution in [2.24, 2.45) is 11.1 Å². The lowest BCUT2D eigenvalue weighted by atomic mass is 9.76. The lowest BCUT2D eigenvalue weighted by molar-refractivity contribution is 0.245. The molecule has 0 saturated carbocycles. The second kappa shape index (κ2) is 6.93. The van der Waals surface area contributed by atoms with E-state index in [1.165, 1.54) is 25.0 Å². The molecule has 2 N–H and O–H groups in total. The van der Waals surface area contributed by atoms with Gasteiger partial charge in [0.15, 0.2) is 0 Å². The monoisotopic (exact) mass is 251 g/mol. The van der Waals surface area contributed by atoms with E-state index in [0.29, 0.717) is 0 Å². The van der Waals surface area contributed by atoms with Crippen LogP contribution in [0.3, 0.4) is 0 Å². The first-order valence-electron chi connectivity index (χ1n) is 7.34. The highest BCUT2D eigenvalue weighted by atomic mass is 15.3. The first-order valence-corrected chi connectivity index (χ1v) is 7.34. The van der Waals surface area contributed by atoms with Crippen molar-refractivity contribution < 1.29 is 0 Å². The van der Waals surface area contributed by atoms with Crippen molar-refractivity contribution >= 4 is 0 Å². The summed E-state index contributed by atoms with van der Waals surface area (Å²) in [5.41, 5.74) is 8.80. The fourth-order valence-electron chi connectivity index (χ4n) is 2.66. The molecule has 0 spiro atoms. The minimum Gasteiger partial charge on any atom is -0.330 e. The predicted molar refractivity (Wildman–Crippen MR) is 77.6 cm³/mol. The molecule has 3 nitrogen and oxygen atoms in total. The Labute approximate surface area is 112 Å². The van der Waals surface area contributed by atoms with Crippen molar-refractivity contribution in [1.82, 2.24) is 9.78 Å². The number of nitrogens with two attached hydrogens (primary N) is 1. The fourth-order valence-corrected chi connectivity index (χ4v) is 2.66. The molecule has 104 valence electrons. The van der Waals surface area contributed by atoms with Gasteiger partial charge in [0.1, 0.15) is 0 Å². The van der Waals surface area contributed by atoms with Crippen LogP contribution < -0.4 is 5.73 Å². The molecule has 3 heteroatoms. The Bertz CT molecular complexity index is 351. The Morgan fingerprint density at radius 1 is 1.33 bits per heavy atom. The van der Waals surface area contributed by atoms with E-state index in [-0.39, 0.29) is 5.41 Å². The van der Waals surface area contributed by atoms with Gasteiger partial charge in [-0.1, -0.05) is 26.7 Å². The van der Waals surface area contributed by atoms with Crippen molar-refractivity contribution in [2.45, 2.75) is 66.3 Å². The number of hydrogen-bond donors (Lipinski definition) is 1. The highest BCUT2D eigenvalue weighted by molar-refractivity contribution is 5.11. The second-order valence-electron chi connectivity index (χ2n) is 5.43. The quantitative estimate of drug-likeness (QED) is 0.770. The van der Waals surface area contributed by atoms with E-state index in [1.54, 1.807) is 0 Å². The maximum Gasteiger partial charge on any atom is 0.0596 e. The van der Waals surface area contributed by atoms with Crippen LogP contribution in [0.5, 0.6) is 0 Å². The lowest BCUT2D eigenvalue weighted by Crippen LogP contribution is -2.33. The van der Waals surface area contributed by atoms with E-state index in [0.717, 1.165) is 31.6 Å². The molecule has 1 heterocycles. The van der Waals surface area contributed by atoms with Gasteiger partial charge >= 0.3 is 0 Å². The number of rotatable bonds is 8. The SMILES string of the molecule is CCCCC(CC)(CN)Cc1cc(C)nn1CC. The maximum absolute atomic E-state index is 6.08. The zero-order valence-corrected chi connectivity index (χ0v) is 12.5. The van der Waals surface area contributed by atoms with Crippen LogP contribution >= 0.6 is 0 Å². The van der Waals surface area contributed by atoms with Gasteiger partial charge < -0.3 is 5.73 Å². The van der Waals surface area contributed by atoms with Gasteiger partial charge in [-0.3, -0.25) is 4.68 Å². The van der Waals surface area contributed by atoms with Crippen molar-refractivity contribution in [1.29, 1.82) is 0 Å². The van der Waals surface area contributed by atoms with Gasteiger partial charge in [-0.25, -0.2) is 0 Å². The van der Waals surface area contributed by atoms with E-state index < -0.39 is 0 Å². The number of unbranched alkanes of at least 4 members (excludes halogenated alkanes) is 1. The molecule has 1 rings (SSSR count). The van der Waals surface area contributed by atoms with Crippen LogP contribution in [0.15, 0.2) is 6.07 Å². The third-order valence-electron chi connectivity index (χ3n) is 4.08. The zero-order valence-electron chi connectivity index (χ0n) is 12.5. The average Bonchev–Trinajstić information content (AvgIpc) is 2.74. The summed E-state index contributed by atoms with van der Waals surface area (Å²) < 4.78 is 2.13. The number of aryl methyl sites for hydroxylation is 2. The smallest absolute Gasteiger partial charge is 0.0596 e. The molecule has 0 aliphatic rings. The summed E-state index contributed by atoms with van der Waals surface area (Å²) >= 11 is 0. The minimum atomic E-state index is 0.259. The normalized spacial score (nSPS) is 14.7. The Morgan fingerprint density at radius 3 is 2.56 bits per heavy atom. The molecule has 1 atom stereocenters. The second-order valence-corrected chi connectivity index (χ2v) is 5.43. The number of nitrogens with zero attached hydrogens (tertiary/aromatic N) is 2. The van der Waals surface area contributed by atoms with E-state index in [9.17, 15) is 0 Å². The Hall–Kier alpha value is -0.830. The van der Waals surface area contributed by atoms with Crippen molar-refractivity contribution in [3.8, 4) is 0 Å². The minimum absolute atomic E-state index is 0.259. The summed E-state index contributed by atoms with van der Waals surface area (Å²) in [5, 5.41) is 4.54. The van der Waals surface area contributed by atoms with Gasteiger partial charge in [-0.15, -0.1) is 0 Å². The molecular weight excluding hydrogens is 222 g/mol. The Morgan fingerprint density at radius 2 is 2.06 bits per heavy atom. The fraction of sp³-hybridized carbons (Fsp3) is 0.800. The van der Waals surface area contributed by atoms with Crippen LogP contribution in [0.25, 0.3) is 0 Å². The summed E-state index contributed by atoms with van der Waals surface area (Å²) in [6, 6.07) is 2.22. The summed E-state index contributed by atoms with van der Waals surface area (Å²) in [5.74, 6) is 0. The van der Waals surface area contributed by atoms with Crippen molar-refractivity contribution in [3.05, 3.63) is 17.5 Å². The number of hydrogen-bond acceptors (Lipinski definition) is 2. The molecule has 0 aromatic carbocycles. The summed E-state index contributed by atoms with van der Waals surface area (Å²) in [6.45, 7) is 10.5. The lowest BCUT2D eigenvalue weighted by Gasteiger charge is -2.31. The van der Waals surface area contributed by atoms with Gasteiger partial charge in [0.05, 0.1) is 5.69 Å². The predicted octanol–water partition coefficient (Wildman–Crippen LogP) is 3.30. The summed E-state index contributed by atoms with van der Waals surface area (Å²) in [4.78, 5) is 0. The molecule has 18 heavy (non-hydrogen) atoms. The molecule has 1 aromatic rings. The highest BCUT2D eigenvalue weighted by Gasteiger charge is 2.27. The van der Waals surface area contributed by atoms with E-state index in [1.807, 2.05) is 0 Å². The van der Waals surface area contributed by atoms with Crippen LogP contribution in [0.2, 0.25) is 0 Å². The molecule has 0 fully saturated rings. The third-order valence-corrected chi connectivity index (χ3v) is 4.08. The van der Waals surface area contributed by atoms with Gasteiger partial charge in [0, 0.05) is 12.2 Å². The van der Waals surface area contributed by atoms with E-state index in [2.05, 4.69) is 43.5 Å². The number of aromatic nitrogens is 2. The summed E-state index contributed by atoms with van der Waals surface area (Å²) in [6.07, 6.45) is 5.95. The molecule has 1 aromatic heterocycles. The third kappa shape index (κ3) is 3.58. The van der Waals surface area contributed by atoms with Crippen LogP contribution in [0, 0.1) is 12.3 Å². The van der Waals surface area contributed by atoms with Gasteiger partial charge in [-0.2, -0.15) is 5.10 Å². The van der Waals surface area contributed by atoms with Crippen LogP contribution in [-0.4, -0.2) is 16.3 Å². The summed E-state index contributed by atoms with van der Waals surface area (Å²) in [7, 11) is 0. The molecule has 0 aliphatic carbocycles. The molecule has 0 amide bonds. The first kappa shape index (κ1) is 15.2.